The Morgan fingerprint density at radius 2 is 1.74 bits per heavy atom. The van der Waals surface area contributed by atoms with E-state index in [1.807, 2.05) is 6.07 Å². The maximum Gasteiger partial charge on any atom is 0.280 e. The second kappa shape index (κ2) is 8.10. The molecular formula is C19H13BrCl2N2O2S. The molecule has 0 radical (unpaired) electrons. The maximum atomic E-state index is 12.7. The van der Waals surface area contributed by atoms with Gasteiger partial charge in [-0.25, -0.2) is 0 Å². The van der Waals surface area contributed by atoms with Gasteiger partial charge in [0.25, 0.3) is 5.91 Å². The van der Waals surface area contributed by atoms with Crippen LogP contribution in [0.25, 0.3) is 5.69 Å². The first-order valence-electron chi connectivity index (χ1n) is 7.81. The number of carbonyl (C=O) groups is 2. The van der Waals surface area contributed by atoms with Gasteiger partial charge in [0, 0.05) is 27.1 Å². The quantitative estimate of drug-likeness (QED) is 0.438. The van der Waals surface area contributed by atoms with Crippen molar-refractivity contribution in [2.24, 2.45) is 4.99 Å². The number of Topliss-reactive ketones (excluding diaryl/α,β-unsaturated/α-hetero) is 1. The number of amides is 1. The van der Waals surface area contributed by atoms with Gasteiger partial charge < -0.3 is 0 Å². The molecule has 0 aliphatic heterocycles. The van der Waals surface area contributed by atoms with Gasteiger partial charge in [0.2, 0.25) is 0 Å². The first kappa shape index (κ1) is 20.0. The largest absolute Gasteiger partial charge is 0.294 e. The Morgan fingerprint density at radius 3 is 2.33 bits per heavy atom. The van der Waals surface area contributed by atoms with Gasteiger partial charge in [-0.05, 0) is 53.2 Å². The predicted molar refractivity (Wildman–Crippen MR) is 112 cm³/mol. The highest BCUT2D eigenvalue weighted by molar-refractivity contribution is 9.10. The third kappa shape index (κ3) is 4.24. The highest BCUT2D eigenvalue weighted by atomic mass is 79.9. The SMILES string of the molecule is CC(=O)c1sc(=NC(=O)c2ccccc2Br)n(-c2cc(Cl)cc(Cl)c2)c1C. The Labute approximate surface area is 178 Å². The van der Waals surface area contributed by atoms with E-state index >= 15 is 0 Å². The summed E-state index contributed by atoms with van der Waals surface area (Å²) in [5.41, 5.74) is 1.74. The zero-order chi connectivity index (χ0) is 19.7. The summed E-state index contributed by atoms with van der Waals surface area (Å²) in [7, 11) is 0. The number of carbonyl (C=O) groups excluding carboxylic acids is 2. The average Bonchev–Trinajstić information content (AvgIpc) is 2.90. The van der Waals surface area contributed by atoms with Gasteiger partial charge >= 0.3 is 0 Å². The number of rotatable bonds is 3. The molecule has 1 heterocycles. The van der Waals surface area contributed by atoms with Crippen LogP contribution in [-0.2, 0) is 0 Å². The summed E-state index contributed by atoms with van der Waals surface area (Å²) >= 11 is 16.8. The number of benzene rings is 2. The topological polar surface area (TPSA) is 51.4 Å². The Balaban J connectivity index is 2.26. The smallest absolute Gasteiger partial charge is 0.280 e. The molecule has 27 heavy (non-hydrogen) atoms. The summed E-state index contributed by atoms with van der Waals surface area (Å²) < 4.78 is 2.37. The van der Waals surface area contributed by atoms with E-state index in [2.05, 4.69) is 20.9 Å². The average molecular weight is 484 g/mol. The monoisotopic (exact) mass is 482 g/mol. The van der Waals surface area contributed by atoms with Crippen molar-refractivity contribution in [3.05, 3.63) is 77.9 Å². The molecule has 0 saturated heterocycles. The van der Waals surface area contributed by atoms with Crippen LogP contribution in [0.15, 0.2) is 51.9 Å². The van der Waals surface area contributed by atoms with Crippen molar-refractivity contribution in [2.45, 2.75) is 13.8 Å². The standard InChI is InChI=1S/C19H13BrCl2N2O2S/c1-10-17(11(2)25)27-19(23-18(26)15-5-3-4-6-16(15)20)24(10)14-8-12(21)7-13(22)9-14/h3-9H,1-2H3. The summed E-state index contributed by atoms with van der Waals surface area (Å²) in [6, 6.07) is 12.1. The lowest BCUT2D eigenvalue weighted by molar-refractivity contribution is 0.0994. The van der Waals surface area contributed by atoms with Crippen molar-refractivity contribution >= 4 is 62.2 Å². The van der Waals surface area contributed by atoms with Crippen molar-refractivity contribution in [3.63, 3.8) is 0 Å². The van der Waals surface area contributed by atoms with Crippen LogP contribution in [-0.4, -0.2) is 16.3 Å². The summed E-state index contributed by atoms with van der Waals surface area (Å²) in [5, 5.41) is 0.895. The second-order valence-corrected chi connectivity index (χ2v) is 8.42. The van der Waals surface area contributed by atoms with E-state index in [1.54, 1.807) is 47.9 Å². The summed E-state index contributed by atoms with van der Waals surface area (Å²) in [5.74, 6) is -0.519. The Bertz CT molecular complexity index is 1110. The minimum atomic E-state index is -0.416. The van der Waals surface area contributed by atoms with E-state index in [0.29, 0.717) is 41.1 Å². The van der Waals surface area contributed by atoms with Crippen molar-refractivity contribution in [1.82, 2.24) is 4.57 Å². The molecule has 0 atom stereocenters. The molecule has 8 heteroatoms. The van der Waals surface area contributed by atoms with E-state index in [9.17, 15) is 9.59 Å². The van der Waals surface area contributed by atoms with Crippen LogP contribution >= 0.6 is 50.5 Å². The van der Waals surface area contributed by atoms with Crippen molar-refractivity contribution in [3.8, 4) is 5.69 Å². The summed E-state index contributed by atoms with van der Waals surface area (Å²) in [6.45, 7) is 3.28. The first-order valence-corrected chi connectivity index (χ1v) is 10.2. The lowest BCUT2D eigenvalue weighted by Gasteiger charge is -2.08. The number of thiazole rings is 1. The molecule has 0 spiro atoms. The molecular weight excluding hydrogens is 471 g/mol. The number of halogens is 3. The highest BCUT2D eigenvalue weighted by Crippen LogP contribution is 2.24. The maximum absolute atomic E-state index is 12.7. The molecule has 0 unspecified atom stereocenters. The van der Waals surface area contributed by atoms with E-state index in [-0.39, 0.29) is 5.78 Å². The molecule has 0 aliphatic rings. The fourth-order valence-corrected chi connectivity index (χ4v) is 4.61. The van der Waals surface area contributed by atoms with E-state index in [1.165, 1.54) is 6.92 Å². The molecule has 3 aromatic rings. The van der Waals surface area contributed by atoms with Crippen molar-refractivity contribution in [1.29, 1.82) is 0 Å². The number of hydrogen-bond acceptors (Lipinski definition) is 3. The molecule has 0 aliphatic carbocycles. The van der Waals surface area contributed by atoms with Crippen LogP contribution in [0.3, 0.4) is 0 Å². The third-order valence-corrected chi connectivity index (χ3v) is 6.15. The zero-order valence-electron chi connectivity index (χ0n) is 14.3. The molecule has 3 rings (SSSR count). The molecule has 2 aromatic carbocycles. The summed E-state index contributed by atoms with van der Waals surface area (Å²) in [4.78, 5) is 29.9. The van der Waals surface area contributed by atoms with E-state index < -0.39 is 5.91 Å². The van der Waals surface area contributed by atoms with Gasteiger partial charge in [-0.2, -0.15) is 4.99 Å². The van der Waals surface area contributed by atoms with Gasteiger partial charge in [0.1, 0.15) is 0 Å². The highest BCUT2D eigenvalue weighted by Gasteiger charge is 2.17. The minimum Gasteiger partial charge on any atom is -0.294 e. The fraction of sp³-hybridized carbons (Fsp3) is 0.105. The van der Waals surface area contributed by atoms with Crippen molar-refractivity contribution < 1.29 is 9.59 Å². The molecule has 0 N–H and O–H groups in total. The van der Waals surface area contributed by atoms with Gasteiger partial charge in [0.15, 0.2) is 10.6 Å². The van der Waals surface area contributed by atoms with Crippen LogP contribution in [0.1, 0.15) is 32.6 Å². The van der Waals surface area contributed by atoms with Gasteiger partial charge in [0.05, 0.1) is 16.1 Å². The lowest BCUT2D eigenvalue weighted by atomic mass is 10.2. The van der Waals surface area contributed by atoms with Crippen LogP contribution in [0, 0.1) is 6.92 Å². The number of aromatic nitrogens is 1. The van der Waals surface area contributed by atoms with Crippen LogP contribution in [0.4, 0.5) is 0 Å². The second-order valence-electron chi connectivity index (χ2n) is 5.72. The number of nitrogens with zero attached hydrogens (tertiary/aromatic N) is 2. The normalized spacial score (nSPS) is 11.7. The number of ketones is 1. The number of hydrogen-bond donors (Lipinski definition) is 0. The van der Waals surface area contributed by atoms with Gasteiger partial charge in [-0.15, -0.1) is 0 Å². The molecule has 0 fully saturated rings. The Kier molecular flexibility index (Phi) is 6.01. The Hall–Kier alpha value is -1.73. The van der Waals surface area contributed by atoms with Crippen LogP contribution < -0.4 is 4.80 Å². The first-order chi connectivity index (χ1) is 12.8. The summed E-state index contributed by atoms with van der Waals surface area (Å²) in [6.07, 6.45) is 0. The predicted octanol–water partition coefficient (Wildman–Crippen LogP) is 5.86. The van der Waals surface area contributed by atoms with E-state index in [0.717, 1.165) is 11.3 Å². The fourth-order valence-electron chi connectivity index (χ4n) is 2.61. The molecule has 1 amide bonds. The van der Waals surface area contributed by atoms with Crippen molar-refractivity contribution in [2.75, 3.05) is 0 Å². The lowest BCUT2D eigenvalue weighted by Crippen LogP contribution is -2.17. The molecule has 0 saturated carbocycles. The van der Waals surface area contributed by atoms with Gasteiger partial charge in [-0.3, -0.25) is 14.2 Å². The van der Waals surface area contributed by atoms with Crippen LogP contribution in [0.5, 0.6) is 0 Å². The van der Waals surface area contributed by atoms with Gasteiger partial charge in [-0.1, -0.05) is 46.7 Å². The van der Waals surface area contributed by atoms with E-state index in [4.69, 9.17) is 23.2 Å². The molecule has 1 aromatic heterocycles. The molecule has 138 valence electrons. The minimum absolute atomic E-state index is 0.103. The zero-order valence-corrected chi connectivity index (χ0v) is 18.2. The Morgan fingerprint density at radius 1 is 1.11 bits per heavy atom. The third-order valence-electron chi connectivity index (χ3n) is 3.78. The van der Waals surface area contributed by atoms with Crippen LogP contribution in [0.2, 0.25) is 10.0 Å². The molecule has 0 bridgehead atoms. The molecule has 4 nitrogen and oxygen atoms in total.